The zero-order valence-corrected chi connectivity index (χ0v) is 29.7. The molecule has 1 heterocycles. The van der Waals surface area contributed by atoms with Crippen molar-refractivity contribution >= 4 is 11.8 Å². The SMILES string of the molecule is COC(=O)C[C@@H]1COc2cc(O[C@H]3CCc4ccc(C(F)(F)F)cc43)ccc21.O=C1CCc2ccc(C(F)(F)F)cc21.O[C@@H]1CCc2ccc(C(F)(F)F)cc21. The summed E-state index contributed by atoms with van der Waals surface area (Å²) in [6.45, 7) is 0.384. The number of fused-ring (bicyclic) bond motifs is 4. The largest absolute Gasteiger partial charge is 0.492 e. The topological polar surface area (TPSA) is 82.1 Å². The van der Waals surface area contributed by atoms with Crippen LogP contribution in [0.4, 0.5) is 39.5 Å². The smallest absolute Gasteiger partial charge is 0.416 e. The van der Waals surface area contributed by atoms with Crippen LogP contribution in [0, 0.1) is 0 Å². The molecule has 0 saturated heterocycles. The van der Waals surface area contributed by atoms with Gasteiger partial charge in [-0.1, -0.05) is 24.3 Å². The number of aliphatic hydroxyl groups is 1. The molecule has 0 amide bonds. The second-order valence-electron chi connectivity index (χ2n) is 13.8. The van der Waals surface area contributed by atoms with Gasteiger partial charge in [0.2, 0.25) is 0 Å². The number of rotatable bonds is 4. The summed E-state index contributed by atoms with van der Waals surface area (Å²) in [4.78, 5) is 22.7. The highest BCUT2D eigenvalue weighted by Crippen LogP contribution is 2.43. The van der Waals surface area contributed by atoms with Crippen molar-refractivity contribution in [2.24, 2.45) is 0 Å². The van der Waals surface area contributed by atoms with E-state index in [1.807, 2.05) is 6.07 Å². The lowest BCUT2D eigenvalue weighted by atomic mass is 9.98. The number of carbonyl (C=O) groups excluding carboxylic acids is 2. The van der Waals surface area contributed by atoms with Crippen LogP contribution in [0.15, 0.2) is 72.8 Å². The number of aryl methyl sites for hydroxylation is 3. The third-order valence-corrected chi connectivity index (χ3v) is 10.2. The second kappa shape index (κ2) is 15.8. The minimum absolute atomic E-state index is 0.0712. The highest BCUT2D eigenvalue weighted by molar-refractivity contribution is 6.00. The number of benzene rings is 4. The van der Waals surface area contributed by atoms with Gasteiger partial charge in [0, 0.05) is 29.5 Å². The van der Waals surface area contributed by atoms with Crippen molar-refractivity contribution in [2.75, 3.05) is 13.7 Å². The molecule has 298 valence electrons. The molecule has 0 unspecified atom stereocenters. The van der Waals surface area contributed by atoms with Gasteiger partial charge in [-0.25, -0.2) is 0 Å². The standard InChI is InChI=1S/C21H19F3O4.C10H9F3O.C10H7F3O/c1-26-20(25)8-13-11-27-19-10-15(5-6-16(13)19)28-18-7-3-12-2-4-14(9-17(12)18)21(22,23)24;2*11-10(12,13)7-3-1-6-2-4-9(14)8(6)5-7/h2,4-6,9-10,13,18H,3,7-8,11H2,1H3;1,3,5,9,14H,2,4H2;1,3,5H,2,4H2/t13-,18+;9-;/m11./s1. The Hall–Kier alpha value is -5.05. The van der Waals surface area contributed by atoms with Crippen LogP contribution in [0.5, 0.6) is 11.5 Å². The van der Waals surface area contributed by atoms with E-state index in [2.05, 4.69) is 0 Å². The molecule has 3 atom stereocenters. The molecular weight excluding hydrogens is 759 g/mol. The maximum Gasteiger partial charge on any atom is 0.416 e. The first-order chi connectivity index (χ1) is 26.3. The van der Waals surface area contributed by atoms with E-state index in [1.54, 1.807) is 12.1 Å². The fourth-order valence-corrected chi connectivity index (χ4v) is 7.18. The first kappa shape index (κ1) is 40.6. The number of carbonyl (C=O) groups is 2. The molecule has 0 fully saturated rings. The normalized spacial score (nSPS) is 19.3. The van der Waals surface area contributed by atoms with E-state index >= 15 is 0 Å². The van der Waals surface area contributed by atoms with Gasteiger partial charge in [0.05, 0.1) is 42.9 Å². The van der Waals surface area contributed by atoms with E-state index in [9.17, 15) is 54.2 Å². The number of ketones is 1. The lowest BCUT2D eigenvalue weighted by Gasteiger charge is -2.17. The first-order valence-corrected chi connectivity index (χ1v) is 17.6. The molecular formula is C41H35F9O6. The zero-order chi connectivity index (χ0) is 40.6. The third kappa shape index (κ3) is 9.14. The Morgan fingerprint density at radius 3 is 1.89 bits per heavy atom. The molecule has 6 nitrogen and oxygen atoms in total. The number of hydrogen-bond donors (Lipinski definition) is 1. The van der Waals surface area contributed by atoms with Crippen molar-refractivity contribution in [3.05, 3.63) is 128 Å². The maximum absolute atomic E-state index is 13.0. The Morgan fingerprint density at radius 2 is 1.27 bits per heavy atom. The van der Waals surface area contributed by atoms with Crippen LogP contribution >= 0.6 is 0 Å². The molecule has 8 rings (SSSR count). The molecule has 0 bridgehead atoms. The third-order valence-electron chi connectivity index (χ3n) is 10.2. The molecule has 4 aromatic carbocycles. The minimum atomic E-state index is -4.38. The Labute approximate surface area is 315 Å². The summed E-state index contributed by atoms with van der Waals surface area (Å²) in [7, 11) is 1.35. The Bertz CT molecular complexity index is 2100. The molecule has 0 aromatic heterocycles. The van der Waals surface area contributed by atoms with Crippen molar-refractivity contribution in [3.8, 4) is 11.5 Å². The molecule has 0 radical (unpaired) electrons. The Balaban J connectivity index is 0.000000159. The van der Waals surface area contributed by atoms with Crippen molar-refractivity contribution in [2.45, 2.75) is 81.6 Å². The van der Waals surface area contributed by atoms with Crippen LogP contribution in [-0.4, -0.2) is 30.6 Å². The number of halogens is 9. The van der Waals surface area contributed by atoms with E-state index in [4.69, 9.17) is 14.2 Å². The molecule has 0 saturated carbocycles. The van der Waals surface area contributed by atoms with E-state index in [0.29, 0.717) is 67.8 Å². The van der Waals surface area contributed by atoms with Gasteiger partial charge in [-0.15, -0.1) is 0 Å². The van der Waals surface area contributed by atoms with Gasteiger partial charge in [0.15, 0.2) is 5.78 Å². The lowest BCUT2D eigenvalue weighted by Crippen LogP contribution is -2.09. The van der Waals surface area contributed by atoms with Crippen molar-refractivity contribution in [3.63, 3.8) is 0 Å². The van der Waals surface area contributed by atoms with Crippen molar-refractivity contribution in [1.29, 1.82) is 0 Å². The lowest BCUT2D eigenvalue weighted by molar-refractivity contribution is -0.141. The summed E-state index contributed by atoms with van der Waals surface area (Å²) < 4.78 is 129. The van der Waals surface area contributed by atoms with Crippen LogP contribution in [-0.2, 0) is 47.3 Å². The molecule has 1 aliphatic heterocycles. The molecule has 4 aliphatic rings. The number of methoxy groups -OCH3 is 1. The predicted molar refractivity (Wildman–Crippen MR) is 183 cm³/mol. The van der Waals surface area contributed by atoms with Gasteiger partial charge in [0.1, 0.15) is 17.6 Å². The summed E-state index contributed by atoms with van der Waals surface area (Å²) in [5.41, 5.74) is 2.50. The number of hydrogen-bond acceptors (Lipinski definition) is 6. The molecule has 15 heteroatoms. The van der Waals surface area contributed by atoms with Crippen molar-refractivity contribution in [1.82, 2.24) is 0 Å². The monoisotopic (exact) mass is 794 g/mol. The summed E-state index contributed by atoms with van der Waals surface area (Å²) in [6.07, 6.45) is -10.6. The quantitative estimate of drug-likeness (QED) is 0.164. The average Bonchev–Trinajstić information content (AvgIpc) is 3.93. The van der Waals surface area contributed by atoms with Crippen LogP contribution < -0.4 is 9.47 Å². The summed E-state index contributed by atoms with van der Waals surface area (Å²) in [6, 6.07) is 16.1. The van der Waals surface area contributed by atoms with Gasteiger partial charge in [-0.2, -0.15) is 39.5 Å². The van der Waals surface area contributed by atoms with E-state index in [0.717, 1.165) is 52.6 Å². The van der Waals surface area contributed by atoms with Gasteiger partial charge >= 0.3 is 24.5 Å². The van der Waals surface area contributed by atoms with Crippen LogP contribution in [0.1, 0.15) is 104 Å². The number of alkyl halides is 9. The van der Waals surface area contributed by atoms with E-state index in [1.165, 1.54) is 31.4 Å². The molecule has 56 heavy (non-hydrogen) atoms. The molecule has 3 aliphatic carbocycles. The summed E-state index contributed by atoms with van der Waals surface area (Å²) >= 11 is 0. The number of ether oxygens (including phenoxy) is 3. The van der Waals surface area contributed by atoms with Crippen LogP contribution in [0.3, 0.4) is 0 Å². The number of Topliss-reactive ketones (excluding diaryl/α,β-unsaturated/α-hetero) is 1. The number of aliphatic hydroxyl groups excluding tert-OH is 1. The fourth-order valence-electron chi connectivity index (χ4n) is 7.18. The second-order valence-corrected chi connectivity index (χ2v) is 13.8. The van der Waals surface area contributed by atoms with Crippen molar-refractivity contribution < 1.29 is 68.4 Å². The zero-order valence-electron chi connectivity index (χ0n) is 29.7. The molecule has 4 aromatic rings. The number of esters is 1. The highest BCUT2D eigenvalue weighted by atomic mass is 19.4. The van der Waals surface area contributed by atoms with Crippen LogP contribution in [0.2, 0.25) is 0 Å². The van der Waals surface area contributed by atoms with Gasteiger partial charge in [-0.05, 0) is 102 Å². The highest BCUT2D eigenvalue weighted by Gasteiger charge is 2.36. The summed E-state index contributed by atoms with van der Waals surface area (Å²) in [5, 5.41) is 9.40. The van der Waals surface area contributed by atoms with Gasteiger partial charge < -0.3 is 19.3 Å². The fraction of sp³-hybridized carbons (Fsp3) is 0.366. The Kier molecular flexibility index (Phi) is 11.5. The molecule has 1 N–H and O–H groups in total. The van der Waals surface area contributed by atoms with Crippen LogP contribution in [0.25, 0.3) is 0 Å². The first-order valence-electron chi connectivity index (χ1n) is 17.6. The van der Waals surface area contributed by atoms with E-state index < -0.39 is 47.4 Å². The predicted octanol–water partition coefficient (Wildman–Crippen LogP) is 10.3. The Morgan fingerprint density at radius 1 is 0.696 bits per heavy atom. The minimum Gasteiger partial charge on any atom is -0.492 e. The molecule has 0 spiro atoms. The summed E-state index contributed by atoms with van der Waals surface area (Å²) in [5.74, 6) is 0.607. The maximum atomic E-state index is 13.0. The average molecular weight is 795 g/mol. The van der Waals surface area contributed by atoms with Gasteiger partial charge in [-0.3, -0.25) is 9.59 Å². The van der Waals surface area contributed by atoms with Gasteiger partial charge in [0.25, 0.3) is 0 Å². The van der Waals surface area contributed by atoms with E-state index in [-0.39, 0.29) is 29.7 Å².